The molecule has 1 N–H and O–H groups in total. The number of nitrogens with one attached hydrogen (secondary N) is 1. The fraction of sp³-hybridized carbons (Fsp3) is 0.0500. The van der Waals surface area contributed by atoms with Crippen LogP contribution >= 0.6 is 11.3 Å². The average Bonchev–Trinajstić information content (AvgIpc) is 3.03. The minimum absolute atomic E-state index is 0.270. The van der Waals surface area contributed by atoms with Crippen LogP contribution in [0.2, 0.25) is 0 Å². The van der Waals surface area contributed by atoms with Gasteiger partial charge in [0, 0.05) is 11.6 Å². The molecule has 0 aliphatic carbocycles. The third-order valence-electron chi connectivity index (χ3n) is 4.05. The third kappa shape index (κ3) is 3.41. The van der Waals surface area contributed by atoms with Gasteiger partial charge in [0.25, 0.3) is 5.91 Å². The van der Waals surface area contributed by atoms with Crippen LogP contribution in [-0.2, 0) is 0 Å². The average molecular weight is 381 g/mol. The molecule has 134 valence electrons. The van der Waals surface area contributed by atoms with Gasteiger partial charge >= 0.3 is 0 Å². The smallest absolute Gasteiger partial charge is 0.259 e. The number of nitrogens with zero attached hydrogens (tertiary/aromatic N) is 2. The molecule has 0 fully saturated rings. The molecule has 2 aromatic carbocycles. The molecule has 0 aliphatic rings. The van der Waals surface area contributed by atoms with Gasteiger partial charge < -0.3 is 0 Å². The second kappa shape index (κ2) is 6.85. The lowest BCUT2D eigenvalue weighted by molar-refractivity contribution is 0.102. The Bertz CT molecular complexity index is 1120. The SMILES string of the molecule is Cc1nc(-c2ccccc2)ccc1C(=O)Nc1nc2cc(F)c(F)cc2s1. The fourth-order valence-corrected chi connectivity index (χ4v) is 3.58. The highest BCUT2D eigenvalue weighted by atomic mass is 32.1. The second-order valence-electron chi connectivity index (χ2n) is 5.90. The highest BCUT2D eigenvalue weighted by molar-refractivity contribution is 7.22. The Morgan fingerprint density at radius 3 is 2.48 bits per heavy atom. The highest BCUT2D eigenvalue weighted by Crippen LogP contribution is 2.28. The van der Waals surface area contributed by atoms with E-state index in [2.05, 4.69) is 15.3 Å². The first-order valence-corrected chi connectivity index (χ1v) is 8.93. The number of anilines is 1. The van der Waals surface area contributed by atoms with Crippen molar-refractivity contribution in [2.75, 3.05) is 5.32 Å². The van der Waals surface area contributed by atoms with Gasteiger partial charge in [-0.1, -0.05) is 41.7 Å². The summed E-state index contributed by atoms with van der Waals surface area (Å²) in [4.78, 5) is 21.2. The molecule has 0 unspecified atom stereocenters. The van der Waals surface area contributed by atoms with Gasteiger partial charge in [-0.3, -0.25) is 15.1 Å². The van der Waals surface area contributed by atoms with Crippen molar-refractivity contribution >= 4 is 32.6 Å². The second-order valence-corrected chi connectivity index (χ2v) is 6.93. The molecular formula is C20H13F2N3OS. The van der Waals surface area contributed by atoms with Gasteiger partial charge in [-0.2, -0.15) is 0 Å². The molecule has 2 aromatic heterocycles. The minimum Gasteiger partial charge on any atom is -0.298 e. The number of halogens is 2. The zero-order valence-electron chi connectivity index (χ0n) is 14.2. The molecule has 4 aromatic rings. The normalized spacial score (nSPS) is 10.9. The first-order valence-electron chi connectivity index (χ1n) is 8.11. The van der Waals surface area contributed by atoms with E-state index < -0.39 is 11.6 Å². The van der Waals surface area contributed by atoms with E-state index in [1.165, 1.54) is 0 Å². The number of aromatic nitrogens is 2. The van der Waals surface area contributed by atoms with Crippen molar-refractivity contribution in [1.29, 1.82) is 0 Å². The molecule has 0 bridgehead atoms. The number of carbonyl (C=O) groups is 1. The van der Waals surface area contributed by atoms with E-state index in [0.29, 0.717) is 21.5 Å². The van der Waals surface area contributed by atoms with Gasteiger partial charge in [-0.15, -0.1) is 0 Å². The van der Waals surface area contributed by atoms with Gasteiger partial charge in [0.15, 0.2) is 16.8 Å². The van der Waals surface area contributed by atoms with Gasteiger partial charge in [-0.25, -0.2) is 13.8 Å². The van der Waals surface area contributed by atoms with E-state index in [1.807, 2.05) is 30.3 Å². The van der Waals surface area contributed by atoms with E-state index in [-0.39, 0.29) is 11.0 Å². The van der Waals surface area contributed by atoms with Crippen molar-refractivity contribution in [2.45, 2.75) is 6.92 Å². The van der Waals surface area contributed by atoms with Crippen molar-refractivity contribution in [3.63, 3.8) is 0 Å². The fourth-order valence-electron chi connectivity index (χ4n) is 2.71. The number of rotatable bonds is 3. The van der Waals surface area contributed by atoms with Crippen molar-refractivity contribution in [3.8, 4) is 11.3 Å². The van der Waals surface area contributed by atoms with E-state index in [1.54, 1.807) is 19.1 Å². The minimum atomic E-state index is -0.970. The zero-order chi connectivity index (χ0) is 19.0. The van der Waals surface area contributed by atoms with E-state index in [9.17, 15) is 13.6 Å². The maximum Gasteiger partial charge on any atom is 0.259 e. The molecule has 0 radical (unpaired) electrons. The number of thiazole rings is 1. The lowest BCUT2D eigenvalue weighted by atomic mass is 10.1. The summed E-state index contributed by atoms with van der Waals surface area (Å²) in [6.07, 6.45) is 0. The van der Waals surface area contributed by atoms with E-state index in [4.69, 9.17) is 0 Å². The van der Waals surface area contributed by atoms with Gasteiger partial charge in [0.2, 0.25) is 0 Å². The van der Waals surface area contributed by atoms with Gasteiger partial charge in [-0.05, 0) is 25.1 Å². The number of aryl methyl sites for hydroxylation is 1. The highest BCUT2D eigenvalue weighted by Gasteiger charge is 2.15. The first kappa shape index (κ1) is 17.2. The molecular weight excluding hydrogens is 368 g/mol. The van der Waals surface area contributed by atoms with Crippen LogP contribution in [0, 0.1) is 18.6 Å². The zero-order valence-corrected chi connectivity index (χ0v) is 15.0. The number of hydrogen-bond acceptors (Lipinski definition) is 4. The Balaban J connectivity index is 1.60. The number of carbonyl (C=O) groups excluding carboxylic acids is 1. The lowest BCUT2D eigenvalue weighted by Crippen LogP contribution is -2.14. The molecule has 0 saturated carbocycles. The third-order valence-corrected chi connectivity index (χ3v) is 4.98. The summed E-state index contributed by atoms with van der Waals surface area (Å²) in [6, 6.07) is 15.2. The summed E-state index contributed by atoms with van der Waals surface area (Å²) in [5.74, 6) is -2.29. The number of pyridine rings is 1. The number of hydrogen-bond donors (Lipinski definition) is 1. The monoisotopic (exact) mass is 381 g/mol. The predicted molar refractivity (Wildman–Crippen MR) is 102 cm³/mol. The van der Waals surface area contributed by atoms with Crippen LogP contribution in [0.15, 0.2) is 54.6 Å². The summed E-state index contributed by atoms with van der Waals surface area (Å²) in [5, 5.41) is 2.94. The molecule has 2 heterocycles. The summed E-state index contributed by atoms with van der Waals surface area (Å²) in [7, 11) is 0. The van der Waals surface area contributed by atoms with Crippen molar-refractivity contribution in [3.05, 3.63) is 77.5 Å². The van der Waals surface area contributed by atoms with Crippen LogP contribution in [0.25, 0.3) is 21.5 Å². The lowest BCUT2D eigenvalue weighted by Gasteiger charge is -2.07. The van der Waals surface area contributed by atoms with E-state index >= 15 is 0 Å². The maximum absolute atomic E-state index is 13.3. The van der Waals surface area contributed by atoms with Crippen LogP contribution in [0.1, 0.15) is 16.1 Å². The Morgan fingerprint density at radius 2 is 1.74 bits per heavy atom. The Kier molecular flexibility index (Phi) is 4.37. The van der Waals surface area contributed by atoms with Crippen LogP contribution in [0.4, 0.5) is 13.9 Å². The van der Waals surface area contributed by atoms with Gasteiger partial charge in [0.1, 0.15) is 0 Å². The van der Waals surface area contributed by atoms with Crippen LogP contribution in [0.3, 0.4) is 0 Å². The van der Waals surface area contributed by atoms with Crippen LogP contribution < -0.4 is 5.32 Å². The first-order chi connectivity index (χ1) is 13.0. The van der Waals surface area contributed by atoms with E-state index in [0.717, 1.165) is 34.7 Å². The van der Waals surface area contributed by atoms with Crippen LogP contribution in [0.5, 0.6) is 0 Å². The maximum atomic E-state index is 13.3. The number of benzene rings is 2. The molecule has 0 spiro atoms. The summed E-state index contributed by atoms with van der Waals surface area (Å²) in [6.45, 7) is 1.75. The number of amides is 1. The summed E-state index contributed by atoms with van der Waals surface area (Å²) >= 11 is 1.08. The van der Waals surface area contributed by atoms with Crippen molar-refractivity contribution < 1.29 is 13.6 Å². The summed E-state index contributed by atoms with van der Waals surface area (Å²) in [5.41, 5.74) is 3.01. The molecule has 0 atom stereocenters. The topological polar surface area (TPSA) is 54.9 Å². The summed E-state index contributed by atoms with van der Waals surface area (Å²) < 4.78 is 27.1. The molecule has 27 heavy (non-hydrogen) atoms. The molecule has 0 saturated heterocycles. The molecule has 4 rings (SSSR count). The molecule has 1 amide bonds. The Labute approximate surface area is 157 Å². The van der Waals surface area contributed by atoms with Crippen LogP contribution in [-0.4, -0.2) is 15.9 Å². The van der Waals surface area contributed by atoms with Crippen molar-refractivity contribution in [1.82, 2.24) is 9.97 Å². The Morgan fingerprint density at radius 1 is 1.00 bits per heavy atom. The Hall–Kier alpha value is -3.19. The quantitative estimate of drug-likeness (QED) is 0.531. The largest absolute Gasteiger partial charge is 0.298 e. The predicted octanol–water partition coefficient (Wildman–Crippen LogP) is 5.20. The molecule has 0 aliphatic heterocycles. The van der Waals surface area contributed by atoms with Crippen molar-refractivity contribution in [2.24, 2.45) is 0 Å². The van der Waals surface area contributed by atoms with Gasteiger partial charge in [0.05, 0.1) is 27.2 Å². The number of fused-ring (bicyclic) bond motifs is 1. The standard InChI is InChI=1S/C20H13F2N3OS/c1-11-13(7-8-16(23-11)12-5-3-2-4-6-12)19(26)25-20-24-17-9-14(21)15(22)10-18(17)27-20/h2-10H,1H3,(H,24,25,26). The molecule has 4 nitrogen and oxygen atoms in total. The molecule has 7 heteroatoms.